The van der Waals surface area contributed by atoms with Crippen LogP contribution in [0.5, 0.6) is 0 Å². The van der Waals surface area contributed by atoms with E-state index in [-0.39, 0.29) is 24.8 Å². The molecular formula is C17H28N4O3. The summed E-state index contributed by atoms with van der Waals surface area (Å²) in [6, 6.07) is 3.79. The van der Waals surface area contributed by atoms with Gasteiger partial charge in [0.1, 0.15) is 5.82 Å². The Morgan fingerprint density at radius 3 is 2.67 bits per heavy atom. The van der Waals surface area contributed by atoms with Gasteiger partial charge < -0.3 is 25.0 Å². The molecule has 1 aliphatic rings. The lowest BCUT2D eigenvalue weighted by Crippen LogP contribution is -2.45. The van der Waals surface area contributed by atoms with Gasteiger partial charge in [0.05, 0.1) is 18.8 Å². The highest BCUT2D eigenvalue weighted by atomic mass is 16.5. The minimum Gasteiger partial charge on any atom is -0.395 e. The number of nitrogens with zero attached hydrogens (tertiary/aromatic N) is 3. The van der Waals surface area contributed by atoms with Crippen molar-refractivity contribution < 1.29 is 14.6 Å². The van der Waals surface area contributed by atoms with Gasteiger partial charge in [0.15, 0.2) is 0 Å². The molecular weight excluding hydrogens is 308 g/mol. The Bertz CT molecular complexity index is 513. The van der Waals surface area contributed by atoms with Crippen molar-refractivity contribution in [3.8, 4) is 0 Å². The maximum atomic E-state index is 12.0. The average Bonchev–Trinajstić information content (AvgIpc) is 2.57. The first-order chi connectivity index (χ1) is 11.5. The molecule has 1 aliphatic heterocycles. The van der Waals surface area contributed by atoms with E-state index in [2.05, 4.69) is 29.0 Å². The molecule has 0 spiro atoms. The first-order valence-electron chi connectivity index (χ1n) is 8.52. The van der Waals surface area contributed by atoms with Crippen LogP contribution in [0.4, 0.5) is 10.6 Å². The molecule has 1 saturated heterocycles. The third-order valence-electron chi connectivity index (χ3n) is 4.04. The number of morpholine rings is 1. The van der Waals surface area contributed by atoms with Gasteiger partial charge in [-0.05, 0) is 32.4 Å². The van der Waals surface area contributed by atoms with Crippen LogP contribution in [0.2, 0.25) is 0 Å². The van der Waals surface area contributed by atoms with E-state index in [1.54, 1.807) is 11.1 Å². The van der Waals surface area contributed by atoms with Crippen LogP contribution < -0.4 is 10.2 Å². The van der Waals surface area contributed by atoms with Crippen molar-refractivity contribution in [2.24, 2.45) is 0 Å². The van der Waals surface area contributed by atoms with E-state index in [1.807, 2.05) is 19.1 Å². The Balaban J connectivity index is 1.89. The van der Waals surface area contributed by atoms with Crippen LogP contribution in [0.25, 0.3) is 0 Å². The van der Waals surface area contributed by atoms with Crippen molar-refractivity contribution in [2.75, 3.05) is 37.7 Å². The smallest absolute Gasteiger partial charge is 0.317 e. The van der Waals surface area contributed by atoms with Crippen LogP contribution in [0.15, 0.2) is 18.3 Å². The molecule has 0 aromatic carbocycles. The Labute approximate surface area is 143 Å². The van der Waals surface area contributed by atoms with Gasteiger partial charge in [0, 0.05) is 38.9 Å². The number of pyridine rings is 1. The molecule has 0 radical (unpaired) electrons. The quantitative estimate of drug-likeness (QED) is 0.817. The zero-order chi connectivity index (χ0) is 17.5. The van der Waals surface area contributed by atoms with E-state index in [9.17, 15) is 4.79 Å². The maximum absolute atomic E-state index is 12.0. The summed E-state index contributed by atoms with van der Waals surface area (Å²) in [5, 5.41) is 11.8. The summed E-state index contributed by atoms with van der Waals surface area (Å²) >= 11 is 0. The molecule has 24 heavy (non-hydrogen) atoms. The topological polar surface area (TPSA) is 77.9 Å². The van der Waals surface area contributed by atoms with Gasteiger partial charge in [-0.15, -0.1) is 0 Å². The normalized spacial score (nSPS) is 20.8. The van der Waals surface area contributed by atoms with Gasteiger partial charge in [-0.25, -0.2) is 9.78 Å². The molecule has 1 aromatic rings. The lowest BCUT2D eigenvalue weighted by Gasteiger charge is -2.36. The van der Waals surface area contributed by atoms with Crippen molar-refractivity contribution in [1.82, 2.24) is 15.2 Å². The summed E-state index contributed by atoms with van der Waals surface area (Å²) in [7, 11) is 0. The van der Waals surface area contributed by atoms with Crippen LogP contribution in [-0.4, -0.2) is 66.0 Å². The minimum absolute atomic E-state index is 0.0338. The Hall–Kier alpha value is -1.86. The maximum Gasteiger partial charge on any atom is 0.317 e. The molecule has 7 nitrogen and oxygen atoms in total. The summed E-state index contributed by atoms with van der Waals surface area (Å²) in [6.07, 6.45) is 2.19. The molecule has 0 saturated carbocycles. The summed E-state index contributed by atoms with van der Waals surface area (Å²) in [5.74, 6) is 0.933. The van der Waals surface area contributed by atoms with Gasteiger partial charge in [0.25, 0.3) is 0 Å². The van der Waals surface area contributed by atoms with Crippen LogP contribution in [0.1, 0.15) is 26.3 Å². The number of urea groups is 1. The Kier molecular flexibility index (Phi) is 6.81. The molecule has 7 heteroatoms. The molecule has 2 rings (SSSR count). The lowest BCUT2D eigenvalue weighted by molar-refractivity contribution is -0.00546. The number of anilines is 1. The van der Waals surface area contributed by atoms with E-state index >= 15 is 0 Å². The standard InChI is InChI=1S/C17H28N4O3/c1-4-20(7-8-22)17(23)19-10-15-5-6-16(18-9-15)21-11-13(2)24-14(3)12-21/h5-6,9,13-14,22H,4,7-8,10-12H2,1-3H3,(H,19,23). The minimum atomic E-state index is -0.175. The predicted molar refractivity (Wildman–Crippen MR) is 93.0 cm³/mol. The molecule has 0 aliphatic carbocycles. The zero-order valence-electron chi connectivity index (χ0n) is 14.7. The third-order valence-corrected chi connectivity index (χ3v) is 4.04. The second kappa shape index (κ2) is 8.84. The summed E-state index contributed by atoms with van der Waals surface area (Å²) in [5.41, 5.74) is 0.946. The SMILES string of the molecule is CCN(CCO)C(=O)NCc1ccc(N2CC(C)OC(C)C2)nc1. The van der Waals surface area contributed by atoms with Gasteiger partial charge in [-0.3, -0.25) is 0 Å². The number of aromatic nitrogens is 1. The fraction of sp³-hybridized carbons (Fsp3) is 0.647. The van der Waals surface area contributed by atoms with E-state index in [0.29, 0.717) is 19.6 Å². The number of likely N-dealkylation sites (N-methyl/N-ethyl adjacent to an activating group) is 1. The molecule has 0 bridgehead atoms. The van der Waals surface area contributed by atoms with E-state index < -0.39 is 0 Å². The number of ether oxygens (including phenoxy) is 1. The van der Waals surface area contributed by atoms with Crippen molar-refractivity contribution in [3.63, 3.8) is 0 Å². The molecule has 1 fully saturated rings. The highest BCUT2D eigenvalue weighted by Crippen LogP contribution is 2.18. The molecule has 2 amide bonds. The Morgan fingerprint density at radius 2 is 2.12 bits per heavy atom. The number of aliphatic hydroxyl groups excluding tert-OH is 1. The van der Waals surface area contributed by atoms with Crippen LogP contribution >= 0.6 is 0 Å². The lowest BCUT2D eigenvalue weighted by atomic mass is 10.2. The number of aliphatic hydroxyl groups is 1. The molecule has 2 atom stereocenters. The van der Waals surface area contributed by atoms with Crippen LogP contribution in [-0.2, 0) is 11.3 Å². The number of rotatable bonds is 6. The summed E-state index contributed by atoms with van der Waals surface area (Å²) in [6.45, 7) is 8.98. The van der Waals surface area contributed by atoms with Crippen LogP contribution in [0, 0.1) is 0 Å². The average molecular weight is 336 g/mol. The fourth-order valence-electron chi connectivity index (χ4n) is 2.89. The van der Waals surface area contributed by atoms with Crippen molar-refractivity contribution in [2.45, 2.75) is 39.5 Å². The Morgan fingerprint density at radius 1 is 1.42 bits per heavy atom. The number of amides is 2. The molecule has 1 aromatic heterocycles. The number of hydrogen-bond acceptors (Lipinski definition) is 5. The monoisotopic (exact) mass is 336 g/mol. The highest BCUT2D eigenvalue weighted by molar-refractivity contribution is 5.74. The largest absolute Gasteiger partial charge is 0.395 e. The van der Waals surface area contributed by atoms with E-state index in [1.165, 1.54) is 0 Å². The first-order valence-corrected chi connectivity index (χ1v) is 8.52. The summed E-state index contributed by atoms with van der Waals surface area (Å²) < 4.78 is 5.74. The fourth-order valence-corrected chi connectivity index (χ4v) is 2.89. The second-order valence-electron chi connectivity index (χ2n) is 6.15. The number of nitrogens with one attached hydrogen (secondary N) is 1. The van der Waals surface area contributed by atoms with Gasteiger partial charge in [-0.1, -0.05) is 6.07 Å². The summed E-state index contributed by atoms with van der Waals surface area (Å²) in [4.78, 5) is 20.3. The van der Waals surface area contributed by atoms with Crippen LogP contribution in [0.3, 0.4) is 0 Å². The number of hydrogen-bond donors (Lipinski definition) is 2. The molecule has 134 valence electrons. The highest BCUT2D eigenvalue weighted by Gasteiger charge is 2.23. The molecule has 2 unspecified atom stereocenters. The first kappa shape index (κ1) is 18.5. The molecule has 2 heterocycles. The number of carbonyl (C=O) groups excluding carboxylic acids is 1. The van der Waals surface area contributed by atoms with Gasteiger partial charge >= 0.3 is 6.03 Å². The van der Waals surface area contributed by atoms with Crippen molar-refractivity contribution >= 4 is 11.8 Å². The van der Waals surface area contributed by atoms with Crippen molar-refractivity contribution in [3.05, 3.63) is 23.9 Å². The van der Waals surface area contributed by atoms with E-state index in [4.69, 9.17) is 9.84 Å². The zero-order valence-corrected chi connectivity index (χ0v) is 14.7. The van der Waals surface area contributed by atoms with Crippen molar-refractivity contribution in [1.29, 1.82) is 0 Å². The predicted octanol–water partition coefficient (Wildman–Crippen LogP) is 1.22. The van der Waals surface area contributed by atoms with Gasteiger partial charge in [0.2, 0.25) is 0 Å². The molecule has 2 N–H and O–H groups in total. The number of carbonyl (C=O) groups is 1. The van der Waals surface area contributed by atoms with Gasteiger partial charge in [-0.2, -0.15) is 0 Å². The second-order valence-corrected chi connectivity index (χ2v) is 6.15. The van der Waals surface area contributed by atoms with E-state index in [0.717, 1.165) is 24.5 Å². The third kappa shape index (κ3) is 5.07.